The van der Waals surface area contributed by atoms with Crippen molar-refractivity contribution in [2.24, 2.45) is 0 Å². The number of carboxylic acids is 1. The molecule has 0 aliphatic heterocycles. The van der Waals surface area contributed by atoms with E-state index in [1.807, 2.05) is 0 Å². The molecule has 0 fully saturated rings. The van der Waals surface area contributed by atoms with Gasteiger partial charge in [-0.15, -0.1) is 0 Å². The van der Waals surface area contributed by atoms with E-state index in [1.165, 1.54) is 38.4 Å². The standard InChI is InChI=1S/C12H15NO5S/c1-13(2)19(17,18)10-5-3-9(4-6-10)11(14)7-8-12(15)16/h3-6H,7-8H2,1-2H3,(H,15,16). The summed E-state index contributed by atoms with van der Waals surface area (Å²) in [6.07, 6.45) is -0.342. The highest BCUT2D eigenvalue weighted by Crippen LogP contribution is 2.15. The summed E-state index contributed by atoms with van der Waals surface area (Å²) < 4.78 is 24.7. The Hall–Kier alpha value is -1.73. The molecule has 0 atom stereocenters. The third-order valence-electron chi connectivity index (χ3n) is 2.52. The average Bonchev–Trinajstić information content (AvgIpc) is 2.35. The molecule has 0 aromatic heterocycles. The van der Waals surface area contributed by atoms with Gasteiger partial charge in [0, 0.05) is 26.1 Å². The summed E-state index contributed by atoms with van der Waals surface area (Å²) in [5.41, 5.74) is 0.305. The van der Waals surface area contributed by atoms with Crippen molar-refractivity contribution in [1.82, 2.24) is 4.31 Å². The van der Waals surface area contributed by atoms with Crippen LogP contribution in [0.1, 0.15) is 23.2 Å². The van der Waals surface area contributed by atoms with Crippen LogP contribution in [0.25, 0.3) is 0 Å². The number of carboxylic acid groups (broad SMARTS) is 1. The Kier molecular flexibility index (Phi) is 4.79. The van der Waals surface area contributed by atoms with E-state index in [0.29, 0.717) is 5.56 Å². The highest BCUT2D eigenvalue weighted by atomic mass is 32.2. The summed E-state index contributed by atoms with van der Waals surface area (Å²) in [4.78, 5) is 22.1. The van der Waals surface area contributed by atoms with Gasteiger partial charge in [-0.3, -0.25) is 9.59 Å². The largest absolute Gasteiger partial charge is 0.481 e. The summed E-state index contributed by atoms with van der Waals surface area (Å²) in [6, 6.07) is 5.45. The molecule has 0 unspecified atom stereocenters. The minimum absolute atomic E-state index is 0.0901. The van der Waals surface area contributed by atoms with E-state index in [1.54, 1.807) is 0 Å². The van der Waals surface area contributed by atoms with E-state index in [0.717, 1.165) is 4.31 Å². The zero-order valence-electron chi connectivity index (χ0n) is 10.7. The minimum atomic E-state index is -3.52. The second-order valence-corrected chi connectivity index (χ2v) is 6.28. The van der Waals surface area contributed by atoms with Crippen molar-refractivity contribution in [3.63, 3.8) is 0 Å². The molecule has 1 rings (SSSR count). The molecule has 7 heteroatoms. The molecule has 0 radical (unpaired) electrons. The van der Waals surface area contributed by atoms with Crippen LogP contribution in [-0.2, 0) is 14.8 Å². The molecule has 0 saturated heterocycles. The Balaban J connectivity index is 2.88. The van der Waals surface area contributed by atoms with Gasteiger partial charge in [0.15, 0.2) is 5.78 Å². The summed E-state index contributed by atoms with van der Waals surface area (Å²) in [6.45, 7) is 0. The number of hydrogen-bond donors (Lipinski definition) is 1. The number of Topliss-reactive ketones (excluding diaryl/α,β-unsaturated/α-hetero) is 1. The van der Waals surface area contributed by atoms with Crippen molar-refractivity contribution in [1.29, 1.82) is 0 Å². The first-order valence-corrected chi connectivity index (χ1v) is 6.96. The first kappa shape index (κ1) is 15.3. The molecule has 0 bridgehead atoms. The van der Waals surface area contributed by atoms with Crippen LogP contribution in [0.5, 0.6) is 0 Å². The molecule has 1 aromatic rings. The third kappa shape index (κ3) is 3.87. The summed E-state index contributed by atoms with van der Waals surface area (Å²) in [5.74, 6) is -1.36. The number of nitrogens with zero attached hydrogens (tertiary/aromatic N) is 1. The number of hydrogen-bond acceptors (Lipinski definition) is 4. The van der Waals surface area contributed by atoms with E-state index in [-0.39, 0.29) is 23.5 Å². The lowest BCUT2D eigenvalue weighted by atomic mass is 10.1. The van der Waals surface area contributed by atoms with Gasteiger partial charge in [-0.05, 0) is 12.1 Å². The Morgan fingerprint density at radius 3 is 2.05 bits per heavy atom. The molecule has 0 aliphatic carbocycles. The number of ketones is 1. The highest BCUT2D eigenvalue weighted by molar-refractivity contribution is 7.89. The van der Waals surface area contributed by atoms with Crippen LogP contribution in [0.4, 0.5) is 0 Å². The monoisotopic (exact) mass is 285 g/mol. The molecule has 0 aliphatic rings. The predicted molar refractivity (Wildman–Crippen MR) is 68.5 cm³/mol. The quantitative estimate of drug-likeness (QED) is 0.787. The van der Waals surface area contributed by atoms with Crippen molar-refractivity contribution in [2.75, 3.05) is 14.1 Å². The first-order valence-electron chi connectivity index (χ1n) is 5.52. The highest BCUT2D eigenvalue weighted by Gasteiger charge is 2.17. The Labute approximate surface area is 111 Å². The molecular formula is C12H15NO5S. The van der Waals surface area contributed by atoms with Gasteiger partial charge in [0.2, 0.25) is 10.0 Å². The fraction of sp³-hybridized carbons (Fsp3) is 0.333. The van der Waals surface area contributed by atoms with Gasteiger partial charge in [-0.1, -0.05) is 12.1 Å². The number of sulfonamides is 1. The van der Waals surface area contributed by atoms with E-state index < -0.39 is 16.0 Å². The van der Waals surface area contributed by atoms with Crippen molar-refractivity contribution in [3.8, 4) is 0 Å². The van der Waals surface area contributed by atoms with Gasteiger partial charge in [0.1, 0.15) is 0 Å². The lowest BCUT2D eigenvalue weighted by Crippen LogP contribution is -2.22. The molecular weight excluding hydrogens is 270 g/mol. The van der Waals surface area contributed by atoms with Gasteiger partial charge in [-0.25, -0.2) is 12.7 Å². The average molecular weight is 285 g/mol. The van der Waals surface area contributed by atoms with Crippen molar-refractivity contribution in [2.45, 2.75) is 17.7 Å². The SMILES string of the molecule is CN(C)S(=O)(=O)c1ccc(C(=O)CCC(=O)O)cc1. The summed E-state index contributed by atoms with van der Waals surface area (Å²) in [5, 5.41) is 8.48. The molecule has 0 heterocycles. The van der Waals surface area contributed by atoms with E-state index in [2.05, 4.69) is 0 Å². The molecule has 0 amide bonds. The van der Waals surface area contributed by atoms with Crippen LogP contribution < -0.4 is 0 Å². The molecule has 0 spiro atoms. The Morgan fingerprint density at radius 1 is 1.11 bits per heavy atom. The molecule has 1 N–H and O–H groups in total. The predicted octanol–water partition coefficient (Wildman–Crippen LogP) is 0.984. The number of aliphatic carboxylic acids is 1. The normalized spacial score (nSPS) is 11.5. The minimum Gasteiger partial charge on any atom is -0.481 e. The van der Waals surface area contributed by atoms with Crippen molar-refractivity contribution in [3.05, 3.63) is 29.8 Å². The lowest BCUT2D eigenvalue weighted by molar-refractivity contribution is -0.136. The molecule has 1 aromatic carbocycles. The number of benzene rings is 1. The first-order chi connectivity index (χ1) is 8.75. The van der Waals surface area contributed by atoms with Gasteiger partial charge >= 0.3 is 5.97 Å². The maximum Gasteiger partial charge on any atom is 0.303 e. The zero-order valence-corrected chi connectivity index (χ0v) is 11.5. The van der Waals surface area contributed by atoms with E-state index >= 15 is 0 Å². The summed E-state index contributed by atoms with van der Waals surface area (Å²) >= 11 is 0. The maximum atomic E-state index is 11.8. The van der Waals surface area contributed by atoms with Crippen LogP contribution in [0.2, 0.25) is 0 Å². The second kappa shape index (κ2) is 5.94. The van der Waals surface area contributed by atoms with Gasteiger partial charge < -0.3 is 5.11 Å². The molecule has 0 saturated carbocycles. The van der Waals surface area contributed by atoms with Gasteiger partial charge in [-0.2, -0.15) is 0 Å². The molecule has 19 heavy (non-hydrogen) atoms. The van der Waals surface area contributed by atoms with Crippen LogP contribution in [0.3, 0.4) is 0 Å². The van der Waals surface area contributed by atoms with Crippen LogP contribution in [0.15, 0.2) is 29.2 Å². The van der Waals surface area contributed by atoms with Crippen LogP contribution in [-0.4, -0.2) is 43.7 Å². The van der Waals surface area contributed by atoms with Crippen molar-refractivity contribution < 1.29 is 23.1 Å². The number of carbonyl (C=O) groups is 2. The Bertz CT molecular complexity index is 575. The van der Waals surface area contributed by atoms with E-state index in [4.69, 9.17) is 5.11 Å². The number of carbonyl (C=O) groups excluding carboxylic acids is 1. The van der Waals surface area contributed by atoms with Gasteiger partial charge in [0.05, 0.1) is 11.3 Å². The Morgan fingerprint density at radius 2 is 1.63 bits per heavy atom. The molecule has 104 valence electrons. The second-order valence-electron chi connectivity index (χ2n) is 4.13. The maximum absolute atomic E-state index is 11.8. The smallest absolute Gasteiger partial charge is 0.303 e. The molecule has 6 nitrogen and oxygen atoms in total. The lowest BCUT2D eigenvalue weighted by Gasteiger charge is -2.11. The summed E-state index contributed by atoms with van der Waals surface area (Å²) in [7, 11) is -0.681. The topological polar surface area (TPSA) is 91.8 Å². The van der Waals surface area contributed by atoms with Gasteiger partial charge in [0.25, 0.3) is 0 Å². The van der Waals surface area contributed by atoms with Crippen LogP contribution in [0, 0.1) is 0 Å². The van der Waals surface area contributed by atoms with Crippen molar-refractivity contribution >= 4 is 21.8 Å². The zero-order chi connectivity index (χ0) is 14.6. The van der Waals surface area contributed by atoms with Crippen LogP contribution >= 0.6 is 0 Å². The van der Waals surface area contributed by atoms with E-state index in [9.17, 15) is 18.0 Å². The fourth-order valence-electron chi connectivity index (χ4n) is 1.39. The number of rotatable bonds is 6. The fourth-order valence-corrected chi connectivity index (χ4v) is 2.29. The third-order valence-corrected chi connectivity index (χ3v) is 4.35.